The molecule has 0 spiro atoms. The summed E-state index contributed by atoms with van der Waals surface area (Å²) < 4.78 is 25.5. The van der Waals surface area contributed by atoms with Gasteiger partial charge in [-0.2, -0.15) is 0 Å². The minimum absolute atomic E-state index is 0.0632. The van der Waals surface area contributed by atoms with Crippen molar-refractivity contribution in [3.63, 3.8) is 0 Å². The summed E-state index contributed by atoms with van der Waals surface area (Å²) in [4.78, 5) is 14.3. The fraction of sp³-hybridized carbons (Fsp3) is 0.200. The Kier molecular flexibility index (Phi) is 2.89. The second-order valence-corrected chi connectivity index (χ2v) is 5.53. The first kappa shape index (κ1) is 10.4. The predicted octanol–water partition coefficient (Wildman–Crippen LogP) is 0.857. The van der Waals surface area contributed by atoms with Gasteiger partial charge in [0, 0.05) is 16.1 Å². The largest absolute Gasteiger partial charge is 0.464 e. The maximum Gasteiger partial charge on any atom is 0.357 e. The summed E-state index contributed by atoms with van der Waals surface area (Å²) >= 11 is 0.768. The van der Waals surface area contributed by atoms with Crippen molar-refractivity contribution in [2.45, 2.75) is 4.34 Å². The fourth-order valence-electron chi connectivity index (χ4n) is 0.568. The van der Waals surface area contributed by atoms with Crippen molar-refractivity contribution in [3.05, 3.63) is 11.1 Å². The molecule has 1 aromatic heterocycles. The number of esters is 1. The van der Waals surface area contributed by atoms with Crippen molar-refractivity contribution in [1.29, 1.82) is 0 Å². The lowest BCUT2D eigenvalue weighted by Crippen LogP contribution is -2.02. The zero-order chi connectivity index (χ0) is 10.1. The monoisotopic (exact) mass is 241 g/mol. The van der Waals surface area contributed by atoms with E-state index in [-0.39, 0.29) is 10.0 Å². The number of methoxy groups -OCH3 is 1. The number of rotatable bonds is 2. The van der Waals surface area contributed by atoms with Crippen LogP contribution in [0, 0.1) is 0 Å². The molecule has 1 heterocycles. The lowest BCUT2D eigenvalue weighted by atomic mass is 10.5. The number of thiazole rings is 1. The molecule has 0 aliphatic rings. The number of hydrogen-bond acceptors (Lipinski definition) is 6. The van der Waals surface area contributed by atoms with E-state index in [1.165, 1.54) is 12.5 Å². The summed E-state index contributed by atoms with van der Waals surface area (Å²) in [7, 11) is 2.31. The molecule has 0 aliphatic carbocycles. The van der Waals surface area contributed by atoms with Crippen LogP contribution < -0.4 is 0 Å². The van der Waals surface area contributed by atoms with E-state index < -0.39 is 15.0 Å². The standard InChI is InChI=1S/C5H4ClNO4S2/c1-11-4(8)3-2-12-5(7-3)13(6,9)10/h2H,1H3. The Morgan fingerprint density at radius 3 is 2.69 bits per heavy atom. The SMILES string of the molecule is COC(=O)c1csc(S(=O)(=O)Cl)n1. The van der Waals surface area contributed by atoms with Crippen LogP contribution >= 0.6 is 22.0 Å². The van der Waals surface area contributed by atoms with Crippen LogP contribution in [0.15, 0.2) is 9.72 Å². The molecule has 8 heteroatoms. The van der Waals surface area contributed by atoms with Gasteiger partial charge in [0.1, 0.15) is 0 Å². The summed E-state index contributed by atoms with van der Waals surface area (Å²) in [5, 5.41) is 1.26. The van der Waals surface area contributed by atoms with Crippen LogP contribution in [-0.4, -0.2) is 26.5 Å². The minimum Gasteiger partial charge on any atom is -0.464 e. The van der Waals surface area contributed by atoms with Gasteiger partial charge in [-0.1, -0.05) is 0 Å². The van der Waals surface area contributed by atoms with Gasteiger partial charge in [0.15, 0.2) is 5.69 Å². The normalized spacial score (nSPS) is 11.2. The summed E-state index contributed by atoms with van der Waals surface area (Å²) in [6, 6.07) is 0. The number of nitrogens with zero attached hydrogens (tertiary/aromatic N) is 1. The second kappa shape index (κ2) is 3.60. The maximum absolute atomic E-state index is 10.8. The molecule has 0 aliphatic heterocycles. The van der Waals surface area contributed by atoms with Gasteiger partial charge in [-0.3, -0.25) is 0 Å². The number of halogens is 1. The van der Waals surface area contributed by atoms with Gasteiger partial charge in [-0.05, 0) is 0 Å². The maximum atomic E-state index is 10.8. The number of carbonyl (C=O) groups is 1. The third-order valence-electron chi connectivity index (χ3n) is 1.09. The zero-order valence-corrected chi connectivity index (χ0v) is 8.74. The highest BCUT2D eigenvalue weighted by atomic mass is 35.7. The van der Waals surface area contributed by atoms with Gasteiger partial charge >= 0.3 is 5.97 Å². The number of carbonyl (C=O) groups excluding carboxylic acids is 1. The van der Waals surface area contributed by atoms with Crippen molar-refractivity contribution in [2.75, 3.05) is 7.11 Å². The average Bonchev–Trinajstić information content (AvgIpc) is 2.50. The van der Waals surface area contributed by atoms with Gasteiger partial charge < -0.3 is 4.74 Å². The van der Waals surface area contributed by atoms with Crippen molar-refractivity contribution < 1.29 is 17.9 Å². The molecule has 0 saturated carbocycles. The van der Waals surface area contributed by atoms with Crippen LogP contribution in [0.4, 0.5) is 0 Å². The molecule has 1 rings (SSSR count). The third-order valence-corrected chi connectivity index (χ3v) is 3.89. The van der Waals surface area contributed by atoms with Crippen molar-refractivity contribution >= 4 is 37.0 Å². The molecule has 5 nitrogen and oxygen atoms in total. The Labute approximate surface area is 82.7 Å². The lowest BCUT2D eigenvalue weighted by molar-refractivity contribution is 0.0594. The molecule has 0 N–H and O–H groups in total. The first-order valence-corrected chi connectivity index (χ1v) is 6.12. The second-order valence-electron chi connectivity index (χ2n) is 1.93. The number of aromatic nitrogens is 1. The lowest BCUT2D eigenvalue weighted by Gasteiger charge is -1.90. The molecule has 0 saturated heterocycles. The average molecular weight is 242 g/mol. The highest BCUT2D eigenvalue weighted by molar-refractivity contribution is 8.14. The molecule has 0 radical (unpaired) electrons. The van der Waals surface area contributed by atoms with Crippen LogP contribution in [0.5, 0.6) is 0 Å². The summed E-state index contributed by atoms with van der Waals surface area (Å²) in [6.07, 6.45) is 0. The Balaban J connectivity index is 3.07. The molecule has 0 fully saturated rings. The topological polar surface area (TPSA) is 73.3 Å². The smallest absolute Gasteiger partial charge is 0.357 e. The highest BCUT2D eigenvalue weighted by Gasteiger charge is 2.18. The van der Waals surface area contributed by atoms with Crippen molar-refractivity contribution in [1.82, 2.24) is 4.98 Å². The summed E-state index contributed by atoms with van der Waals surface area (Å²) in [6.45, 7) is 0. The Hall–Kier alpha value is -0.660. The van der Waals surface area contributed by atoms with E-state index in [4.69, 9.17) is 10.7 Å². The van der Waals surface area contributed by atoms with Crippen LogP contribution in [-0.2, 0) is 13.8 Å². The molecule has 0 amide bonds. The van der Waals surface area contributed by atoms with E-state index in [2.05, 4.69) is 9.72 Å². The molecule has 0 aromatic carbocycles. The number of hydrogen-bond donors (Lipinski definition) is 0. The molecule has 1 aromatic rings. The van der Waals surface area contributed by atoms with E-state index in [1.807, 2.05) is 0 Å². The van der Waals surface area contributed by atoms with Crippen LogP contribution in [0.3, 0.4) is 0 Å². The first-order valence-electron chi connectivity index (χ1n) is 2.93. The Morgan fingerprint density at radius 2 is 2.31 bits per heavy atom. The Morgan fingerprint density at radius 1 is 1.69 bits per heavy atom. The van der Waals surface area contributed by atoms with Gasteiger partial charge in [-0.15, -0.1) is 11.3 Å². The molecule has 0 bridgehead atoms. The summed E-state index contributed by atoms with van der Waals surface area (Å²) in [5.74, 6) is -0.692. The Bertz CT molecular complexity index is 423. The number of ether oxygens (including phenoxy) is 1. The highest BCUT2D eigenvalue weighted by Crippen LogP contribution is 2.19. The van der Waals surface area contributed by atoms with E-state index in [1.54, 1.807) is 0 Å². The van der Waals surface area contributed by atoms with Crippen molar-refractivity contribution in [2.24, 2.45) is 0 Å². The fourth-order valence-corrected chi connectivity index (χ4v) is 2.32. The van der Waals surface area contributed by atoms with E-state index in [0.29, 0.717) is 0 Å². The van der Waals surface area contributed by atoms with E-state index in [0.717, 1.165) is 11.3 Å². The van der Waals surface area contributed by atoms with Gasteiger partial charge in [-0.25, -0.2) is 18.2 Å². The minimum atomic E-state index is -3.85. The third kappa shape index (κ3) is 2.39. The molecule has 13 heavy (non-hydrogen) atoms. The van der Waals surface area contributed by atoms with Gasteiger partial charge in [0.05, 0.1) is 7.11 Å². The van der Waals surface area contributed by atoms with E-state index in [9.17, 15) is 13.2 Å². The first-order chi connectivity index (χ1) is 5.95. The molecule has 0 atom stereocenters. The van der Waals surface area contributed by atoms with Crippen LogP contribution in [0.1, 0.15) is 10.5 Å². The van der Waals surface area contributed by atoms with Crippen LogP contribution in [0.2, 0.25) is 0 Å². The van der Waals surface area contributed by atoms with E-state index >= 15 is 0 Å². The summed E-state index contributed by atoms with van der Waals surface area (Å²) in [5.41, 5.74) is -0.0632. The zero-order valence-electron chi connectivity index (χ0n) is 6.35. The molecular weight excluding hydrogens is 238 g/mol. The molecular formula is C5H4ClNO4S2. The van der Waals surface area contributed by atoms with Gasteiger partial charge in [0.25, 0.3) is 9.05 Å². The van der Waals surface area contributed by atoms with Crippen molar-refractivity contribution in [3.8, 4) is 0 Å². The molecule has 0 unspecified atom stereocenters. The molecule has 72 valence electrons. The van der Waals surface area contributed by atoms with Crippen LogP contribution in [0.25, 0.3) is 0 Å². The quantitative estimate of drug-likeness (QED) is 0.567. The van der Waals surface area contributed by atoms with Gasteiger partial charge in [0.2, 0.25) is 4.34 Å². The predicted molar refractivity (Wildman–Crippen MR) is 46.5 cm³/mol.